The second kappa shape index (κ2) is 19.2. The van der Waals surface area contributed by atoms with Gasteiger partial charge in [0.2, 0.25) is 0 Å². The van der Waals surface area contributed by atoms with Crippen molar-refractivity contribution < 1.29 is 9.47 Å². The molecule has 3 unspecified atom stereocenters. The van der Waals surface area contributed by atoms with E-state index < -0.39 is 0 Å². The number of rotatable bonds is 16. The Labute approximate surface area is 173 Å². The van der Waals surface area contributed by atoms with Crippen LogP contribution in [0.1, 0.15) is 127 Å². The summed E-state index contributed by atoms with van der Waals surface area (Å²) in [6.45, 7) is 21.8. The average molecular weight is 387 g/mol. The molecule has 0 aromatic carbocycles. The molecule has 0 rings (SSSR count). The van der Waals surface area contributed by atoms with Gasteiger partial charge < -0.3 is 9.47 Å². The van der Waals surface area contributed by atoms with Gasteiger partial charge in [-0.2, -0.15) is 0 Å². The van der Waals surface area contributed by atoms with Crippen LogP contribution in [0.25, 0.3) is 0 Å². The SMILES string of the molecule is CCCCC(CC)COC(C)(C)CC.CCCCC(CC)COC(C)CC. The molecule has 3 atom stereocenters. The molecule has 27 heavy (non-hydrogen) atoms. The number of hydrogen-bond donors (Lipinski definition) is 0. The summed E-state index contributed by atoms with van der Waals surface area (Å²) in [5, 5.41) is 0. The van der Waals surface area contributed by atoms with Crippen LogP contribution in [0.3, 0.4) is 0 Å². The minimum atomic E-state index is 0.0691. The maximum absolute atomic E-state index is 5.93. The normalized spacial score (nSPS) is 15.0. The van der Waals surface area contributed by atoms with Gasteiger partial charge in [0.15, 0.2) is 0 Å². The van der Waals surface area contributed by atoms with E-state index in [-0.39, 0.29) is 5.60 Å². The Morgan fingerprint density at radius 2 is 1.19 bits per heavy atom. The first-order valence-electron chi connectivity index (χ1n) is 12.0. The molecule has 0 saturated heterocycles. The van der Waals surface area contributed by atoms with Crippen LogP contribution in [-0.4, -0.2) is 24.9 Å². The van der Waals surface area contributed by atoms with Crippen molar-refractivity contribution in [3.05, 3.63) is 0 Å². The molecule has 0 saturated carbocycles. The van der Waals surface area contributed by atoms with Crippen LogP contribution in [0.4, 0.5) is 0 Å². The molecule has 0 fully saturated rings. The molecule has 0 aromatic rings. The lowest BCUT2D eigenvalue weighted by atomic mass is 9.99. The number of hydrogen-bond acceptors (Lipinski definition) is 2. The van der Waals surface area contributed by atoms with Crippen LogP contribution >= 0.6 is 0 Å². The van der Waals surface area contributed by atoms with Crippen molar-refractivity contribution in [3.63, 3.8) is 0 Å². The van der Waals surface area contributed by atoms with Crippen LogP contribution < -0.4 is 0 Å². The quantitative estimate of drug-likeness (QED) is 0.265. The Balaban J connectivity index is 0. The molecule has 2 nitrogen and oxygen atoms in total. The minimum absolute atomic E-state index is 0.0691. The fraction of sp³-hybridized carbons (Fsp3) is 1.00. The predicted molar refractivity (Wildman–Crippen MR) is 123 cm³/mol. The first-order valence-corrected chi connectivity index (χ1v) is 12.0. The monoisotopic (exact) mass is 386 g/mol. The summed E-state index contributed by atoms with van der Waals surface area (Å²) in [6.07, 6.45) is 13.1. The fourth-order valence-corrected chi connectivity index (χ4v) is 2.66. The summed E-state index contributed by atoms with van der Waals surface area (Å²) < 4.78 is 11.7. The van der Waals surface area contributed by atoms with Crippen molar-refractivity contribution in [2.24, 2.45) is 11.8 Å². The highest BCUT2D eigenvalue weighted by atomic mass is 16.5. The molecule has 0 amide bonds. The highest BCUT2D eigenvalue weighted by Gasteiger charge is 2.17. The molecule has 0 radical (unpaired) electrons. The summed E-state index contributed by atoms with van der Waals surface area (Å²) in [7, 11) is 0. The first-order chi connectivity index (χ1) is 12.8. The van der Waals surface area contributed by atoms with E-state index in [4.69, 9.17) is 9.47 Å². The average Bonchev–Trinajstić information content (AvgIpc) is 2.68. The molecule has 0 N–H and O–H groups in total. The summed E-state index contributed by atoms with van der Waals surface area (Å²) in [5.74, 6) is 1.55. The zero-order chi connectivity index (χ0) is 21.1. The van der Waals surface area contributed by atoms with Gasteiger partial charge in [-0.05, 0) is 58.3 Å². The van der Waals surface area contributed by atoms with E-state index in [9.17, 15) is 0 Å². The highest BCUT2D eigenvalue weighted by molar-refractivity contribution is 4.67. The third-order valence-electron chi connectivity index (χ3n) is 5.84. The zero-order valence-electron chi connectivity index (χ0n) is 20.5. The van der Waals surface area contributed by atoms with Crippen LogP contribution in [0.5, 0.6) is 0 Å². The van der Waals surface area contributed by atoms with E-state index in [1.807, 2.05) is 0 Å². The van der Waals surface area contributed by atoms with Gasteiger partial charge in [0.1, 0.15) is 0 Å². The molecule has 0 spiro atoms. The van der Waals surface area contributed by atoms with Gasteiger partial charge in [0.25, 0.3) is 0 Å². The van der Waals surface area contributed by atoms with Crippen molar-refractivity contribution in [2.75, 3.05) is 13.2 Å². The summed E-state index contributed by atoms with van der Waals surface area (Å²) in [6, 6.07) is 0. The second-order valence-corrected chi connectivity index (χ2v) is 8.81. The standard InChI is InChI=1S/C13H28O.C12H26O/c1-6-9-10-12(7-2)11-14-13(4,5)8-3;1-5-8-9-12(7-3)10-13-11(4)6-2/h12H,6-11H2,1-5H3;11-12H,5-10H2,1-4H3. The van der Waals surface area contributed by atoms with E-state index in [0.29, 0.717) is 6.10 Å². The van der Waals surface area contributed by atoms with Gasteiger partial charge in [0.05, 0.1) is 18.3 Å². The molecular formula is C25H54O2. The van der Waals surface area contributed by atoms with Crippen molar-refractivity contribution in [1.29, 1.82) is 0 Å². The van der Waals surface area contributed by atoms with Crippen molar-refractivity contribution in [3.8, 4) is 0 Å². The summed E-state index contributed by atoms with van der Waals surface area (Å²) >= 11 is 0. The van der Waals surface area contributed by atoms with Crippen LogP contribution in [0.15, 0.2) is 0 Å². The molecule has 0 bridgehead atoms. The minimum Gasteiger partial charge on any atom is -0.378 e. The van der Waals surface area contributed by atoms with Gasteiger partial charge in [-0.3, -0.25) is 0 Å². The Morgan fingerprint density at radius 3 is 1.56 bits per heavy atom. The molecular weight excluding hydrogens is 332 g/mol. The van der Waals surface area contributed by atoms with Crippen LogP contribution in [0, 0.1) is 11.8 Å². The lowest BCUT2D eigenvalue weighted by molar-refractivity contribution is -0.0395. The molecule has 0 aliphatic carbocycles. The number of unbranched alkanes of at least 4 members (excludes halogenated alkanes) is 2. The fourth-order valence-electron chi connectivity index (χ4n) is 2.66. The third-order valence-corrected chi connectivity index (χ3v) is 5.84. The molecule has 0 heterocycles. The molecule has 0 aromatic heterocycles. The summed E-state index contributed by atoms with van der Waals surface area (Å²) in [4.78, 5) is 0. The van der Waals surface area contributed by atoms with Gasteiger partial charge in [-0.1, -0.05) is 80.1 Å². The molecule has 0 aliphatic rings. The predicted octanol–water partition coefficient (Wildman–Crippen LogP) is 8.43. The van der Waals surface area contributed by atoms with Crippen LogP contribution in [-0.2, 0) is 9.47 Å². The highest BCUT2D eigenvalue weighted by Crippen LogP contribution is 2.19. The zero-order valence-corrected chi connectivity index (χ0v) is 20.5. The Bertz CT molecular complexity index is 288. The van der Waals surface area contributed by atoms with Crippen LogP contribution in [0.2, 0.25) is 0 Å². The van der Waals surface area contributed by atoms with E-state index in [1.165, 1.54) is 51.4 Å². The molecule has 2 heteroatoms. The smallest absolute Gasteiger partial charge is 0.0624 e. The number of ether oxygens (including phenoxy) is 2. The first kappa shape index (κ1) is 29.1. The van der Waals surface area contributed by atoms with Gasteiger partial charge in [-0.25, -0.2) is 0 Å². The molecule has 0 aliphatic heterocycles. The van der Waals surface area contributed by atoms with Crippen molar-refractivity contribution in [1.82, 2.24) is 0 Å². The Morgan fingerprint density at radius 1 is 0.704 bits per heavy atom. The maximum Gasteiger partial charge on any atom is 0.0624 e. The van der Waals surface area contributed by atoms with Gasteiger partial charge >= 0.3 is 0 Å². The molecule has 166 valence electrons. The van der Waals surface area contributed by atoms with E-state index >= 15 is 0 Å². The Kier molecular flexibility index (Phi) is 20.8. The van der Waals surface area contributed by atoms with Crippen molar-refractivity contribution >= 4 is 0 Å². The Hall–Kier alpha value is -0.0800. The van der Waals surface area contributed by atoms with Gasteiger partial charge in [-0.15, -0.1) is 0 Å². The van der Waals surface area contributed by atoms with E-state index in [1.54, 1.807) is 0 Å². The van der Waals surface area contributed by atoms with E-state index in [2.05, 4.69) is 62.3 Å². The summed E-state index contributed by atoms with van der Waals surface area (Å²) in [5.41, 5.74) is 0.0691. The maximum atomic E-state index is 5.93. The van der Waals surface area contributed by atoms with Gasteiger partial charge in [0, 0.05) is 6.61 Å². The van der Waals surface area contributed by atoms with Crippen molar-refractivity contribution in [2.45, 2.75) is 138 Å². The largest absolute Gasteiger partial charge is 0.378 e. The van der Waals surface area contributed by atoms with E-state index in [0.717, 1.165) is 37.9 Å². The third kappa shape index (κ3) is 19.0. The lowest BCUT2D eigenvalue weighted by Gasteiger charge is -2.26. The lowest BCUT2D eigenvalue weighted by Crippen LogP contribution is -2.26. The second-order valence-electron chi connectivity index (χ2n) is 8.81. The topological polar surface area (TPSA) is 18.5 Å².